The molecule has 1 unspecified atom stereocenters. The van der Waals surface area contributed by atoms with Crippen molar-refractivity contribution in [1.82, 2.24) is 19.1 Å². The minimum atomic E-state index is -0.296. The molecule has 2 aromatic rings. The molecule has 1 atom stereocenters. The van der Waals surface area contributed by atoms with Crippen molar-refractivity contribution in [2.45, 2.75) is 25.4 Å². The molecule has 114 valence electrons. The lowest BCUT2D eigenvalue weighted by Crippen LogP contribution is -2.47. The number of carbonyl (C=O) groups is 1. The predicted molar refractivity (Wildman–Crippen MR) is 80.5 cm³/mol. The van der Waals surface area contributed by atoms with Gasteiger partial charge >= 0.3 is 5.69 Å². The van der Waals surface area contributed by atoms with Crippen LogP contribution in [0.4, 0.5) is 0 Å². The summed E-state index contributed by atoms with van der Waals surface area (Å²) in [5.41, 5.74) is 6.11. The summed E-state index contributed by atoms with van der Waals surface area (Å²) in [6.45, 7) is 1.23. The zero-order valence-electron chi connectivity index (χ0n) is 11.5. The molecule has 2 aromatic heterocycles. The third-order valence-corrected chi connectivity index (χ3v) is 3.58. The quantitative estimate of drug-likeness (QED) is 0.837. The molecule has 21 heavy (non-hydrogen) atoms. The van der Waals surface area contributed by atoms with Crippen LogP contribution in [0.5, 0.6) is 0 Å². The van der Waals surface area contributed by atoms with Gasteiger partial charge in [-0.2, -0.15) is 0 Å². The molecule has 1 saturated heterocycles. The Labute approximate surface area is 127 Å². The summed E-state index contributed by atoms with van der Waals surface area (Å²) in [5.74, 6) is -0.106. The second kappa shape index (κ2) is 6.28. The highest BCUT2D eigenvalue weighted by molar-refractivity contribution is 5.85. The van der Waals surface area contributed by atoms with Crippen LogP contribution in [0.2, 0.25) is 0 Å². The monoisotopic (exact) mass is 311 g/mol. The fraction of sp³-hybridized carbons (Fsp3) is 0.462. The Kier molecular flexibility index (Phi) is 4.64. The van der Waals surface area contributed by atoms with Crippen molar-refractivity contribution in [1.29, 1.82) is 0 Å². The average molecular weight is 312 g/mol. The van der Waals surface area contributed by atoms with Gasteiger partial charge in [0, 0.05) is 25.3 Å². The van der Waals surface area contributed by atoms with Crippen molar-refractivity contribution in [3.63, 3.8) is 0 Å². The number of amides is 1. The Hall–Kier alpha value is -1.86. The van der Waals surface area contributed by atoms with Gasteiger partial charge in [-0.1, -0.05) is 6.07 Å². The molecule has 1 aliphatic rings. The molecule has 1 amide bonds. The van der Waals surface area contributed by atoms with Gasteiger partial charge < -0.3 is 10.6 Å². The number of likely N-dealkylation sites (tertiary alicyclic amines) is 1. The number of fused-ring (bicyclic) bond motifs is 1. The Morgan fingerprint density at radius 3 is 2.95 bits per heavy atom. The van der Waals surface area contributed by atoms with Crippen molar-refractivity contribution in [3.8, 4) is 0 Å². The standard InChI is InChI=1S/C13H17N5O2.ClH/c14-10-4-3-6-16(8-10)12(19)9-18-13(20)17-7-2-1-5-11(17)15-18;/h1-2,5,7,10H,3-4,6,8-9,14H2;1H. The zero-order chi connectivity index (χ0) is 14.1. The molecule has 0 spiro atoms. The second-order valence-corrected chi connectivity index (χ2v) is 5.11. The summed E-state index contributed by atoms with van der Waals surface area (Å²) in [6.07, 6.45) is 3.49. The first-order chi connectivity index (χ1) is 9.65. The van der Waals surface area contributed by atoms with Gasteiger partial charge in [0.15, 0.2) is 5.65 Å². The number of pyridine rings is 1. The number of rotatable bonds is 2. The number of halogens is 1. The van der Waals surface area contributed by atoms with Crippen molar-refractivity contribution in [2.75, 3.05) is 13.1 Å². The van der Waals surface area contributed by atoms with Crippen LogP contribution >= 0.6 is 12.4 Å². The zero-order valence-corrected chi connectivity index (χ0v) is 12.3. The van der Waals surface area contributed by atoms with Gasteiger partial charge in [-0.15, -0.1) is 17.5 Å². The number of hydrogen-bond acceptors (Lipinski definition) is 4. The van der Waals surface area contributed by atoms with Crippen LogP contribution in [0.25, 0.3) is 5.65 Å². The minimum absolute atomic E-state index is 0. The number of nitrogens with zero attached hydrogens (tertiary/aromatic N) is 4. The maximum atomic E-state index is 12.2. The lowest BCUT2D eigenvalue weighted by molar-refractivity contribution is -0.133. The molecule has 0 saturated carbocycles. The molecule has 8 heteroatoms. The molecule has 3 heterocycles. The molecule has 0 aromatic carbocycles. The Morgan fingerprint density at radius 1 is 1.43 bits per heavy atom. The van der Waals surface area contributed by atoms with Crippen LogP contribution in [-0.2, 0) is 11.3 Å². The number of carbonyl (C=O) groups excluding carboxylic acids is 1. The molecular formula is C13H18ClN5O2. The van der Waals surface area contributed by atoms with Gasteiger partial charge in [0.2, 0.25) is 5.91 Å². The Balaban J connectivity index is 0.00000161. The number of aromatic nitrogens is 3. The van der Waals surface area contributed by atoms with Gasteiger partial charge in [0.1, 0.15) is 6.54 Å². The highest BCUT2D eigenvalue weighted by Gasteiger charge is 2.22. The van der Waals surface area contributed by atoms with Crippen LogP contribution in [0.1, 0.15) is 12.8 Å². The van der Waals surface area contributed by atoms with E-state index in [4.69, 9.17) is 5.73 Å². The highest BCUT2D eigenvalue weighted by atomic mass is 35.5. The van der Waals surface area contributed by atoms with Gasteiger partial charge in [0.05, 0.1) is 0 Å². The first kappa shape index (κ1) is 15.5. The molecule has 1 aliphatic heterocycles. The summed E-state index contributed by atoms with van der Waals surface area (Å²) in [4.78, 5) is 26.0. The third kappa shape index (κ3) is 3.08. The molecule has 0 radical (unpaired) electrons. The molecule has 1 fully saturated rings. The normalized spacial score (nSPS) is 18.5. The van der Waals surface area contributed by atoms with E-state index in [0.29, 0.717) is 18.7 Å². The summed E-state index contributed by atoms with van der Waals surface area (Å²) < 4.78 is 2.63. The van der Waals surface area contributed by atoms with Crippen LogP contribution in [0.15, 0.2) is 29.2 Å². The Bertz CT molecular complexity index is 695. The number of hydrogen-bond donors (Lipinski definition) is 1. The lowest BCUT2D eigenvalue weighted by atomic mass is 10.1. The third-order valence-electron chi connectivity index (χ3n) is 3.58. The topological polar surface area (TPSA) is 85.6 Å². The van der Waals surface area contributed by atoms with Crippen LogP contribution in [-0.4, -0.2) is 44.1 Å². The minimum Gasteiger partial charge on any atom is -0.340 e. The first-order valence-corrected chi connectivity index (χ1v) is 6.73. The molecule has 2 N–H and O–H groups in total. The fourth-order valence-corrected chi connectivity index (χ4v) is 2.54. The maximum Gasteiger partial charge on any atom is 0.350 e. The van der Waals surface area contributed by atoms with Gasteiger partial charge in [-0.05, 0) is 25.0 Å². The summed E-state index contributed by atoms with van der Waals surface area (Å²) in [6, 6.07) is 5.33. The number of nitrogens with two attached hydrogens (primary N) is 1. The van der Waals surface area contributed by atoms with E-state index in [9.17, 15) is 9.59 Å². The lowest BCUT2D eigenvalue weighted by Gasteiger charge is -2.30. The van der Waals surface area contributed by atoms with Crippen molar-refractivity contribution in [2.24, 2.45) is 5.73 Å². The van der Waals surface area contributed by atoms with Crippen LogP contribution in [0.3, 0.4) is 0 Å². The smallest absolute Gasteiger partial charge is 0.340 e. The first-order valence-electron chi connectivity index (χ1n) is 6.73. The second-order valence-electron chi connectivity index (χ2n) is 5.11. The molecule has 7 nitrogen and oxygen atoms in total. The Morgan fingerprint density at radius 2 is 2.24 bits per heavy atom. The highest BCUT2D eigenvalue weighted by Crippen LogP contribution is 2.08. The maximum absolute atomic E-state index is 12.2. The molecule has 3 rings (SSSR count). The largest absolute Gasteiger partial charge is 0.350 e. The van der Waals surface area contributed by atoms with Crippen LogP contribution in [0, 0.1) is 0 Å². The molecule has 0 bridgehead atoms. The van der Waals surface area contributed by atoms with Crippen molar-refractivity contribution < 1.29 is 4.79 Å². The van der Waals surface area contributed by atoms with E-state index >= 15 is 0 Å². The summed E-state index contributed by atoms with van der Waals surface area (Å²) in [5, 5.41) is 4.15. The molecular weight excluding hydrogens is 294 g/mol. The van der Waals surface area contributed by atoms with E-state index in [1.54, 1.807) is 29.3 Å². The van der Waals surface area contributed by atoms with E-state index in [2.05, 4.69) is 5.10 Å². The van der Waals surface area contributed by atoms with Crippen molar-refractivity contribution in [3.05, 3.63) is 34.9 Å². The van der Waals surface area contributed by atoms with Crippen LogP contribution < -0.4 is 11.4 Å². The van der Waals surface area contributed by atoms with Crippen molar-refractivity contribution >= 4 is 24.0 Å². The van der Waals surface area contributed by atoms with Gasteiger partial charge in [-0.25, -0.2) is 9.48 Å². The van der Waals surface area contributed by atoms with E-state index < -0.39 is 0 Å². The number of piperidine rings is 1. The van der Waals surface area contributed by atoms with Gasteiger partial charge in [-0.3, -0.25) is 9.20 Å². The predicted octanol–water partition coefficient (Wildman–Crippen LogP) is -0.133. The van der Waals surface area contributed by atoms with E-state index in [-0.39, 0.29) is 36.6 Å². The summed E-state index contributed by atoms with van der Waals surface area (Å²) in [7, 11) is 0. The molecule has 0 aliphatic carbocycles. The van der Waals surface area contributed by atoms with E-state index in [0.717, 1.165) is 12.8 Å². The fourth-order valence-electron chi connectivity index (χ4n) is 2.54. The average Bonchev–Trinajstić information content (AvgIpc) is 2.76. The SMILES string of the molecule is Cl.NC1CCCN(C(=O)Cn2nc3ccccn3c2=O)C1. The van der Waals surface area contributed by atoms with E-state index in [1.807, 2.05) is 0 Å². The summed E-state index contributed by atoms with van der Waals surface area (Å²) >= 11 is 0. The van der Waals surface area contributed by atoms with Gasteiger partial charge in [0.25, 0.3) is 0 Å². The van der Waals surface area contributed by atoms with E-state index in [1.165, 1.54) is 9.08 Å².